The highest BCUT2D eigenvalue weighted by Crippen LogP contribution is 2.48. The topological polar surface area (TPSA) is 52.6 Å². The molecule has 0 saturated heterocycles. The van der Waals surface area contributed by atoms with Crippen molar-refractivity contribution >= 4 is 11.6 Å². The zero-order valence-corrected chi connectivity index (χ0v) is 14.8. The number of hydrogen-bond donors (Lipinski definition) is 2. The Morgan fingerprint density at radius 1 is 1.27 bits per heavy atom. The molecule has 2 aromatic rings. The lowest BCUT2D eigenvalue weighted by Crippen LogP contribution is -2.37. The summed E-state index contributed by atoms with van der Waals surface area (Å²) in [5, 5.41) is 13.4. The molecule has 1 atom stereocenters. The lowest BCUT2D eigenvalue weighted by molar-refractivity contribution is -0.124. The second kappa shape index (κ2) is 6.40. The van der Waals surface area contributed by atoms with Crippen LogP contribution in [0.25, 0.3) is 0 Å². The highest BCUT2D eigenvalue weighted by atomic mass is 19.1. The molecule has 5 heteroatoms. The standard InChI is InChI=1S/C21H23FN2O2/c1-24-11-8-14-12-15(2-7-18(14)24)19(25)13-23-20(26)21(9-10-21)16-3-5-17(22)6-4-16/h2-7,12,19,25H,8-11,13H2,1H3,(H,23,26)/t19-/m0/s1. The van der Waals surface area contributed by atoms with Crippen LogP contribution in [-0.4, -0.2) is 31.2 Å². The van der Waals surface area contributed by atoms with Crippen molar-refractivity contribution in [1.29, 1.82) is 0 Å². The molecule has 1 saturated carbocycles. The molecule has 4 nitrogen and oxygen atoms in total. The molecule has 1 heterocycles. The average molecular weight is 354 g/mol. The molecule has 1 amide bonds. The van der Waals surface area contributed by atoms with Gasteiger partial charge in [0, 0.05) is 25.8 Å². The van der Waals surface area contributed by atoms with E-state index in [-0.39, 0.29) is 18.3 Å². The molecule has 136 valence electrons. The average Bonchev–Trinajstić information content (AvgIpc) is 3.38. The van der Waals surface area contributed by atoms with Gasteiger partial charge in [-0.05, 0) is 54.2 Å². The maximum absolute atomic E-state index is 13.1. The number of hydrogen-bond acceptors (Lipinski definition) is 3. The second-order valence-corrected chi connectivity index (χ2v) is 7.37. The zero-order chi connectivity index (χ0) is 18.3. The van der Waals surface area contributed by atoms with Gasteiger partial charge in [-0.2, -0.15) is 0 Å². The first kappa shape index (κ1) is 17.0. The molecule has 0 aromatic heterocycles. The normalized spacial score (nSPS) is 18.3. The Kier molecular flexibility index (Phi) is 4.19. The molecular formula is C21H23FN2O2. The van der Waals surface area contributed by atoms with Crippen molar-refractivity contribution in [2.24, 2.45) is 0 Å². The number of fused-ring (bicyclic) bond motifs is 1. The maximum Gasteiger partial charge on any atom is 0.230 e. The van der Waals surface area contributed by atoms with Crippen molar-refractivity contribution in [3.8, 4) is 0 Å². The summed E-state index contributed by atoms with van der Waals surface area (Å²) >= 11 is 0. The largest absolute Gasteiger partial charge is 0.387 e. The number of benzene rings is 2. The smallest absolute Gasteiger partial charge is 0.230 e. The molecule has 4 rings (SSSR count). The fourth-order valence-corrected chi connectivity index (χ4v) is 3.81. The lowest BCUT2D eigenvalue weighted by Gasteiger charge is -2.19. The van der Waals surface area contributed by atoms with Gasteiger partial charge in [0.15, 0.2) is 0 Å². The number of nitrogens with zero attached hydrogens (tertiary/aromatic N) is 1. The Balaban J connectivity index is 1.41. The van der Waals surface area contributed by atoms with Crippen molar-refractivity contribution in [2.75, 3.05) is 25.0 Å². The van der Waals surface area contributed by atoms with Gasteiger partial charge in [0.2, 0.25) is 5.91 Å². The fourth-order valence-electron chi connectivity index (χ4n) is 3.81. The number of carbonyl (C=O) groups excluding carboxylic acids is 1. The van der Waals surface area contributed by atoms with Crippen LogP contribution >= 0.6 is 0 Å². The highest BCUT2D eigenvalue weighted by molar-refractivity contribution is 5.91. The molecule has 2 aliphatic rings. The third-order valence-corrected chi connectivity index (χ3v) is 5.65. The van der Waals surface area contributed by atoms with Crippen molar-refractivity contribution in [2.45, 2.75) is 30.8 Å². The Bertz CT molecular complexity index is 830. The third kappa shape index (κ3) is 2.97. The van der Waals surface area contributed by atoms with Crippen molar-refractivity contribution in [3.05, 3.63) is 65.0 Å². The number of amides is 1. The molecule has 2 N–H and O–H groups in total. The summed E-state index contributed by atoms with van der Waals surface area (Å²) in [6.07, 6.45) is 1.75. The first-order valence-corrected chi connectivity index (χ1v) is 9.06. The molecule has 0 unspecified atom stereocenters. The summed E-state index contributed by atoms with van der Waals surface area (Å²) in [7, 11) is 2.06. The molecule has 0 bridgehead atoms. The Morgan fingerprint density at radius 3 is 2.69 bits per heavy atom. The van der Waals surface area contributed by atoms with Crippen LogP contribution in [0.15, 0.2) is 42.5 Å². The van der Waals surface area contributed by atoms with Gasteiger partial charge < -0.3 is 15.3 Å². The van der Waals surface area contributed by atoms with Crippen LogP contribution in [0.1, 0.15) is 35.6 Å². The van der Waals surface area contributed by atoms with Gasteiger partial charge in [0.25, 0.3) is 0 Å². The van der Waals surface area contributed by atoms with E-state index in [9.17, 15) is 14.3 Å². The van der Waals surface area contributed by atoms with Gasteiger partial charge in [0.1, 0.15) is 5.82 Å². The number of carbonyl (C=O) groups is 1. The van der Waals surface area contributed by atoms with Gasteiger partial charge in [-0.25, -0.2) is 4.39 Å². The summed E-state index contributed by atoms with van der Waals surface area (Å²) in [5.74, 6) is -0.397. The van der Waals surface area contributed by atoms with E-state index in [0.29, 0.717) is 0 Å². The van der Waals surface area contributed by atoms with Gasteiger partial charge in [-0.3, -0.25) is 4.79 Å². The maximum atomic E-state index is 13.1. The minimum absolute atomic E-state index is 0.0935. The van der Waals surface area contributed by atoms with E-state index in [2.05, 4.69) is 17.3 Å². The van der Waals surface area contributed by atoms with Crippen LogP contribution in [0.5, 0.6) is 0 Å². The third-order valence-electron chi connectivity index (χ3n) is 5.65. The Labute approximate surface area is 152 Å². The van der Waals surface area contributed by atoms with E-state index in [1.165, 1.54) is 23.4 Å². The van der Waals surface area contributed by atoms with Crippen LogP contribution in [-0.2, 0) is 16.6 Å². The number of aliphatic hydroxyl groups excluding tert-OH is 1. The summed E-state index contributed by atoms with van der Waals surface area (Å²) in [6.45, 7) is 1.17. The second-order valence-electron chi connectivity index (χ2n) is 7.37. The number of nitrogens with one attached hydrogen (secondary N) is 1. The molecule has 0 spiro atoms. The Morgan fingerprint density at radius 2 is 2.00 bits per heavy atom. The van der Waals surface area contributed by atoms with Crippen LogP contribution < -0.4 is 10.2 Å². The van der Waals surface area contributed by atoms with Gasteiger partial charge in [0.05, 0.1) is 11.5 Å². The summed E-state index contributed by atoms with van der Waals surface area (Å²) in [4.78, 5) is 14.9. The predicted molar refractivity (Wildman–Crippen MR) is 98.7 cm³/mol. The minimum atomic E-state index is -0.737. The van der Waals surface area contributed by atoms with E-state index in [1.807, 2.05) is 18.2 Å². The van der Waals surface area contributed by atoms with Gasteiger partial charge in [-0.1, -0.05) is 24.3 Å². The highest BCUT2D eigenvalue weighted by Gasteiger charge is 2.51. The lowest BCUT2D eigenvalue weighted by atomic mass is 9.94. The van der Waals surface area contributed by atoms with Crippen LogP contribution in [0.2, 0.25) is 0 Å². The molecule has 2 aromatic carbocycles. The van der Waals surface area contributed by atoms with Crippen molar-refractivity contribution in [3.63, 3.8) is 0 Å². The van der Waals surface area contributed by atoms with E-state index in [1.54, 1.807) is 12.1 Å². The molecule has 1 fully saturated rings. The minimum Gasteiger partial charge on any atom is -0.387 e. The van der Waals surface area contributed by atoms with Crippen molar-refractivity contribution < 1.29 is 14.3 Å². The molecule has 1 aliphatic carbocycles. The van der Waals surface area contributed by atoms with E-state index in [4.69, 9.17) is 0 Å². The number of aliphatic hydroxyl groups is 1. The SMILES string of the molecule is CN1CCc2cc([C@@H](O)CNC(=O)C3(c4ccc(F)cc4)CC3)ccc21. The molecular weight excluding hydrogens is 331 g/mol. The monoisotopic (exact) mass is 354 g/mol. The first-order valence-electron chi connectivity index (χ1n) is 9.06. The number of likely N-dealkylation sites (N-methyl/N-ethyl adjacent to an activating group) is 1. The number of anilines is 1. The molecule has 0 radical (unpaired) electrons. The summed E-state index contributed by atoms with van der Waals surface area (Å²) in [6, 6.07) is 12.1. The van der Waals surface area contributed by atoms with E-state index in [0.717, 1.165) is 36.9 Å². The van der Waals surface area contributed by atoms with Gasteiger partial charge in [-0.15, -0.1) is 0 Å². The van der Waals surface area contributed by atoms with E-state index >= 15 is 0 Å². The van der Waals surface area contributed by atoms with Gasteiger partial charge >= 0.3 is 0 Å². The Hall–Kier alpha value is -2.40. The van der Waals surface area contributed by atoms with Crippen molar-refractivity contribution in [1.82, 2.24) is 5.32 Å². The predicted octanol–water partition coefficient (Wildman–Crippen LogP) is 2.70. The van der Waals surface area contributed by atoms with E-state index < -0.39 is 11.5 Å². The van der Waals surface area contributed by atoms with Crippen LogP contribution in [0.4, 0.5) is 10.1 Å². The number of rotatable bonds is 5. The molecule has 1 aliphatic heterocycles. The molecule has 26 heavy (non-hydrogen) atoms. The summed E-state index contributed by atoms with van der Waals surface area (Å²) in [5.41, 5.74) is 3.55. The number of halogens is 1. The zero-order valence-electron chi connectivity index (χ0n) is 14.8. The first-order chi connectivity index (χ1) is 12.5. The van der Waals surface area contributed by atoms with Crippen LogP contribution in [0.3, 0.4) is 0 Å². The quantitative estimate of drug-likeness (QED) is 0.868. The summed E-state index contributed by atoms with van der Waals surface area (Å²) < 4.78 is 13.1. The fraction of sp³-hybridized carbons (Fsp3) is 0.381. The van der Waals surface area contributed by atoms with Crippen LogP contribution in [0, 0.1) is 5.82 Å².